The zero-order valence-electron chi connectivity index (χ0n) is 13.3. The standard InChI is InChI=1S/C14H23O4P.Al.H2O/c1-13(2,3)10-7-8-12(18-19(15,16)17)11(9-10)14(4,5)6;;/h7-9H,1-6H3,(H2,15,16,17);;1H2/q;+3;/p-3. The summed E-state index contributed by atoms with van der Waals surface area (Å²) in [6.45, 7) is 12.1. The van der Waals surface area contributed by atoms with Crippen LogP contribution in [0.4, 0.5) is 0 Å². The van der Waals surface area contributed by atoms with E-state index in [0.29, 0.717) is 5.56 Å². The van der Waals surface area contributed by atoms with E-state index < -0.39 is 7.82 Å². The first kappa shape index (κ1) is 22.9. The Morgan fingerprint density at radius 2 is 1.48 bits per heavy atom. The Morgan fingerprint density at radius 1 is 1.00 bits per heavy atom. The molecule has 1 N–H and O–H groups in total. The molecule has 0 radical (unpaired) electrons. The maximum absolute atomic E-state index is 10.8. The zero-order valence-corrected chi connectivity index (χ0v) is 15.4. The smallest absolute Gasteiger partial charge is 0.870 e. The van der Waals surface area contributed by atoms with Crippen molar-refractivity contribution in [1.82, 2.24) is 0 Å². The predicted octanol–water partition coefficient (Wildman–Crippen LogP) is 1.93. The van der Waals surface area contributed by atoms with E-state index in [2.05, 4.69) is 25.3 Å². The number of rotatable bonds is 2. The van der Waals surface area contributed by atoms with Crippen LogP contribution in [0.1, 0.15) is 52.7 Å². The van der Waals surface area contributed by atoms with E-state index in [1.165, 1.54) is 0 Å². The zero-order chi connectivity index (χ0) is 15.1. The molecule has 5 nitrogen and oxygen atoms in total. The molecule has 0 aliphatic heterocycles. The second-order valence-corrected chi connectivity index (χ2v) is 7.83. The topological polar surface area (TPSA) is 102 Å². The summed E-state index contributed by atoms with van der Waals surface area (Å²) < 4.78 is 15.4. The second-order valence-electron chi connectivity index (χ2n) is 6.75. The van der Waals surface area contributed by atoms with Crippen molar-refractivity contribution in [1.29, 1.82) is 0 Å². The monoisotopic (exact) mass is 328 g/mol. The van der Waals surface area contributed by atoms with Gasteiger partial charge in [0.05, 0.1) is 0 Å². The molecule has 1 rings (SSSR count). The summed E-state index contributed by atoms with van der Waals surface area (Å²) in [5.41, 5.74) is 1.41. The summed E-state index contributed by atoms with van der Waals surface area (Å²) in [4.78, 5) is 21.6. The number of hydrogen-bond donors (Lipinski definition) is 0. The van der Waals surface area contributed by atoms with Crippen molar-refractivity contribution in [3.05, 3.63) is 29.3 Å². The van der Waals surface area contributed by atoms with Gasteiger partial charge in [-0.3, -0.25) is 0 Å². The molecule has 0 bridgehead atoms. The molecule has 1 aromatic rings. The fourth-order valence-electron chi connectivity index (χ4n) is 1.78. The van der Waals surface area contributed by atoms with Gasteiger partial charge in [-0.2, -0.15) is 0 Å². The van der Waals surface area contributed by atoms with Crippen LogP contribution in [0.15, 0.2) is 18.2 Å². The molecule has 21 heavy (non-hydrogen) atoms. The molecular weight excluding hydrogens is 306 g/mol. The van der Waals surface area contributed by atoms with Crippen molar-refractivity contribution in [3.8, 4) is 5.75 Å². The fraction of sp³-hybridized carbons (Fsp3) is 0.571. The molecule has 0 saturated carbocycles. The van der Waals surface area contributed by atoms with Gasteiger partial charge >= 0.3 is 17.4 Å². The number of hydrogen-bond acceptors (Lipinski definition) is 5. The second kappa shape index (κ2) is 7.28. The van der Waals surface area contributed by atoms with Crippen LogP contribution in [-0.2, 0) is 15.4 Å². The van der Waals surface area contributed by atoms with Crippen LogP contribution in [0.25, 0.3) is 0 Å². The van der Waals surface area contributed by atoms with Crippen molar-refractivity contribution in [2.45, 2.75) is 52.4 Å². The van der Waals surface area contributed by atoms with Gasteiger partial charge in [-0.15, -0.1) is 0 Å². The minimum absolute atomic E-state index is 0. The molecule has 0 aliphatic carbocycles. The van der Waals surface area contributed by atoms with Gasteiger partial charge in [0.25, 0.3) is 0 Å². The Hall–Kier alpha value is -0.338. The Kier molecular flexibility index (Phi) is 7.96. The van der Waals surface area contributed by atoms with Crippen LogP contribution < -0.4 is 14.3 Å². The molecule has 0 aromatic heterocycles. The van der Waals surface area contributed by atoms with Crippen LogP contribution in [0.3, 0.4) is 0 Å². The van der Waals surface area contributed by atoms with Crippen molar-refractivity contribution < 1.29 is 24.4 Å². The Bertz CT molecular complexity index is 511. The molecule has 0 atom stereocenters. The molecule has 0 heterocycles. The van der Waals surface area contributed by atoms with Gasteiger partial charge < -0.3 is 24.4 Å². The summed E-state index contributed by atoms with van der Waals surface area (Å²) in [5.74, 6) is 0.119. The molecule has 0 amide bonds. The van der Waals surface area contributed by atoms with Gasteiger partial charge in [-0.1, -0.05) is 53.7 Å². The summed E-state index contributed by atoms with van der Waals surface area (Å²) in [7, 11) is -5.04. The SMILES string of the molecule is CC(C)(C)c1ccc(OP(=O)([O-])[O-])c(C(C)(C)C)c1.[Al+3].[OH-]. The normalized spacial score (nSPS) is 12.2. The van der Waals surface area contributed by atoms with Gasteiger partial charge in [0.1, 0.15) is 13.6 Å². The molecule has 7 heteroatoms. The quantitative estimate of drug-likeness (QED) is 0.609. The number of phosphoric acid groups is 1. The van der Waals surface area contributed by atoms with Crippen molar-refractivity contribution in [2.75, 3.05) is 0 Å². The van der Waals surface area contributed by atoms with E-state index in [9.17, 15) is 14.4 Å². The predicted molar refractivity (Wildman–Crippen MR) is 79.8 cm³/mol. The third kappa shape index (κ3) is 6.97. The van der Waals surface area contributed by atoms with E-state index in [-0.39, 0.29) is 39.4 Å². The minimum Gasteiger partial charge on any atom is -0.870 e. The molecule has 0 aliphatic rings. The molecular formula is C14H22AlO5P. The van der Waals surface area contributed by atoms with Crippen LogP contribution in [0.5, 0.6) is 5.75 Å². The van der Waals surface area contributed by atoms with Gasteiger partial charge in [-0.25, -0.2) is 0 Å². The van der Waals surface area contributed by atoms with Crippen molar-refractivity contribution in [3.63, 3.8) is 0 Å². The first-order valence-corrected chi connectivity index (χ1v) is 7.63. The van der Waals surface area contributed by atoms with Crippen LogP contribution in [0.2, 0.25) is 0 Å². The van der Waals surface area contributed by atoms with Crippen molar-refractivity contribution in [2.24, 2.45) is 0 Å². The Balaban J connectivity index is 0. The van der Waals surface area contributed by atoms with Gasteiger partial charge in [0.2, 0.25) is 0 Å². The fourth-order valence-corrected chi connectivity index (χ4v) is 2.18. The van der Waals surface area contributed by atoms with Crippen molar-refractivity contribution >= 4 is 25.2 Å². The van der Waals surface area contributed by atoms with Gasteiger partial charge in [0.15, 0.2) is 0 Å². The maximum atomic E-state index is 10.8. The first-order valence-electron chi connectivity index (χ1n) is 6.17. The molecule has 116 valence electrons. The average Bonchev–Trinajstić information content (AvgIpc) is 2.11. The Morgan fingerprint density at radius 3 is 1.81 bits per heavy atom. The van der Waals surface area contributed by atoms with Crippen LogP contribution in [-0.4, -0.2) is 22.8 Å². The van der Waals surface area contributed by atoms with E-state index in [0.717, 1.165) is 5.56 Å². The summed E-state index contributed by atoms with van der Waals surface area (Å²) in [5, 5.41) is 0. The molecule has 1 aromatic carbocycles. The number of benzene rings is 1. The number of phosphoric ester groups is 1. The molecule has 0 fully saturated rings. The van der Waals surface area contributed by atoms with E-state index in [1.54, 1.807) is 12.1 Å². The largest absolute Gasteiger partial charge is 3.00 e. The first-order chi connectivity index (χ1) is 8.31. The average molecular weight is 328 g/mol. The summed E-state index contributed by atoms with van der Waals surface area (Å²) in [6, 6.07) is 5.26. The molecule has 0 unspecified atom stereocenters. The summed E-state index contributed by atoms with van der Waals surface area (Å²) in [6.07, 6.45) is 0. The third-order valence-electron chi connectivity index (χ3n) is 2.86. The molecule has 0 spiro atoms. The minimum atomic E-state index is -5.04. The van der Waals surface area contributed by atoms with Crippen LogP contribution >= 0.6 is 7.82 Å². The van der Waals surface area contributed by atoms with Gasteiger partial charge in [-0.05, 0) is 22.5 Å². The van der Waals surface area contributed by atoms with Crippen LogP contribution in [0, 0.1) is 0 Å². The van der Waals surface area contributed by atoms with E-state index in [1.807, 2.05) is 26.8 Å². The third-order valence-corrected chi connectivity index (χ3v) is 3.28. The van der Waals surface area contributed by atoms with Gasteiger partial charge in [0, 0.05) is 5.56 Å². The van der Waals surface area contributed by atoms with E-state index in [4.69, 9.17) is 0 Å². The Labute approximate surface area is 137 Å². The maximum Gasteiger partial charge on any atom is 3.00 e. The summed E-state index contributed by atoms with van der Waals surface area (Å²) >= 11 is 0. The molecule has 0 saturated heterocycles. The van der Waals surface area contributed by atoms with E-state index >= 15 is 0 Å².